The minimum absolute atomic E-state index is 0.0400. The summed E-state index contributed by atoms with van der Waals surface area (Å²) < 4.78 is 22.6. The number of fused-ring (bicyclic) bond motifs is 1. The number of rotatable bonds is 6. The molecule has 0 bridgehead atoms. The minimum atomic E-state index is -3.73. The monoisotopic (exact) mass is 434 g/mol. The third kappa shape index (κ3) is 4.86. The van der Waals surface area contributed by atoms with Gasteiger partial charge in [-0.2, -0.15) is 0 Å². The maximum absolute atomic E-state index is 12.4. The Morgan fingerprint density at radius 1 is 1.11 bits per heavy atom. The van der Waals surface area contributed by atoms with Crippen molar-refractivity contribution in [3.05, 3.63) is 71.2 Å². The third-order valence-corrected chi connectivity index (χ3v) is 6.56. The summed E-state index contributed by atoms with van der Waals surface area (Å²) in [7, 11) is -3.73. The van der Waals surface area contributed by atoms with E-state index >= 15 is 0 Å². The average Bonchev–Trinajstić information content (AvgIpc) is 2.66. The first-order valence-corrected chi connectivity index (χ1v) is 11.4. The first-order valence-electron chi connectivity index (χ1n) is 8.48. The van der Waals surface area contributed by atoms with Gasteiger partial charge in [0.15, 0.2) is 0 Å². The van der Waals surface area contributed by atoms with E-state index in [1.165, 1.54) is 23.9 Å². The maximum atomic E-state index is 12.4. The van der Waals surface area contributed by atoms with Crippen LogP contribution in [0.1, 0.15) is 18.5 Å². The molecule has 0 aliphatic heterocycles. The molecular weight excluding hydrogens is 416 g/mol. The van der Waals surface area contributed by atoms with Gasteiger partial charge in [-0.05, 0) is 42.1 Å². The van der Waals surface area contributed by atoms with Gasteiger partial charge in [0.25, 0.3) is 0 Å². The fourth-order valence-electron chi connectivity index (χ4n) is 2.84. The lowest BCUT2D eigenvalue weighted by molar-refractivity contribution is -0.119. The van der Waals surface area contributed by atoms with E-state index in [1.807, 2.05) is 43.3 Å². The summed E-state index contributed by atoms with van der Waals surface area (Å²) in [6.45, 7) is 1.84. The summed E-state index contributed by atoms with van der Waals surface area (Å²) in [5.41, 5.74) is 0.791. The molecule has 5 nitrogen and oxygen atoms in total. The Morgan fingerprint density at radius 2 is 1.75 bits per heavy atom. The van der Waals surface area contributed by atoms with Crippen molar-refractivity contribution in [1.82, 2.24) is 5.32 Å². The van der Waals surface area contributed by atoms with Crippen molar-refractivity contribution in [2.45, 2.75) is 22.8 Å². The first-order chi connectivity index (χ1) is 13.3. The fraction of sp³-hybridized carbons (Fsp3) is 0.150. The zero-order valence-corrected chi connectivity index (χ0v) is 17.4. The van der Waals surface area contributed by atoms with Crippen molar-refractivity contribution in [2.75, 3.05) is 5.75 Å². The van der Waals surface area contributed by atoms with Crippen molar-refractivity contribution in [1.29, 1.82) is 0 Å². The predicted octanol–water partition coefficient (Wildman–Crippen LogP) is 4.11. The summed E-state index contributed by atoms with van der Waals surface area (Å²) >= 11 is 7.74. The molecule has 3 N–H and O–H groups in total. The van der Waals surface area contributed by atoms with Gasteiger partial charge in [-0.25, -0.2) is 13.6 Å². The highest BCUT2D eigenvalue weighted by Gasteiger charge is 2.13. The number of benzene rings is 3. The highest BCUT2D eigenvalue weighted by atomic mass is 35.5. The molecule has 146 valence electrons. The van der Waals surface area contributed by atoms with Crippen LogP contribution in [-0.2, 0) is 14.8 Å². The standard InChI is InChI=1S/C20H19ClN2O3S2/c1-13(14-8-10-16(11-9-14)28(22,25)26)23-19(24)12-27-18-7-3-5-15-4-2-6-17(21)20(15)18/h2-11,13H,12H2,1H3,(H,23,24)(H2,22,25,26). The normalized spacial score (nSPS) is 12.7. The van der Waals surface area contributed by atoms with Crippen molar-refractivity contribution >= 4 is 50.1 Å². The van der Waals surface area contributed by atoms with Crippen LogP contribution in [0.25, 0.3) is 10.8 Å². The summed E-state index contributed by atoms with van der Waals surface area (Å²) in [6.07, 6.45) is 0. The Labute approximate surface area is 173 Å². The summed E-state index contributed by atoms with van der Waals surface area (Å²) in [5, 5.41) is 10.6. The number of primary sulfonamides is 1. The van der Waals surface area contributed by atoms with Gasteiger partial charge in [0.2, 0.25) is 15.9 Å². The largest absolute Gasteiger partial charge is 0.349 e. The number of hydrogen-bond donors (Lipinski definition) is 2. The number of sulfonamides is 1. The van der Waals surface area contributed by atoms with Crippen LogP contribution >= 0.6 is 23.4 Å². The van der Waals surface area contributed by atoms with E-state index in [0.29, 0.717) is 5.02 Å². The van der Waals surface area contributed by atoms with Crippen LogP contribution in [0.2, 0.25) is 5.02 Å². The van der Waals surface area contributed by atoms with Crippen LogP contribution in [0.5, 0.6) is 0 Å². The number of nitrogens with one attached hydrogen (secondary N) is 1. The Hall–Kier alpha value is -2.06. The lowest BCUT2D eigenvalue weighted by Gasteiger charge is -2.15. The molecule has 0 spiro atoms. The van der Waals surface area contributed by atoms with E-state index in [0.717, 1.165) is 21.2 Å². The minimum Gasteiger partial charge on any atom is -0.349 e. The molecule has 0 aliphatic rings. The Kier molecular flexibility index (Phi) is 6.30. The number of nitrogens with two attached hydrogens (primary N) is 1. The van der Waals surface area contributed by atoms with E-state index in [2.05, 4.69) is 5.32 Å². The molecule has 1 amide bonds. The molecule has 0 fully saturated rings. The molecule has 0 aromatic heterocycles. The summed E-state index contributed by atoms with van der Waals surface area (Å²) in [4.78, 5) is 13.4. The van der Waals surface area contributed by atoms with Gasteiger partial charge in [-0.15, -0.1) is 11.8 Å². The Bertz CT molecular complexity index is 1110. The number of amides is 1. The van der Waals surface area contributed by atoms with Crippen molar-refractivity contribution in [3.8, 4) is 0 Å². The van der Waals surface area contributed by atoms with Crippen molar-refractivity contribution < 1.29 is 13.2 Å². The zero-order chi connectivity index (χ0) is 20.3. The highest BCUT2D eigenvalue weighted by Crippen LogP contribution is 2.33. The number of carbonyl (C=O) groups excluding carboxylic acids is 1. The third-order valence-electron chi connectivity index (χ3n) is 4.26. The van der Waals surface area contributed by atoms with Crippen LogP contribution in [-0.4, -0.2) is 20.1 Å². The molecule has 1 atom stereocenters. The van der Waals surface area contributed by atoms with Crippen molar-refractivity contribution in [3.63, 3.8) is 0 Å². The molecule has 0 saturated heterocycles. The molecule has 3 aromatic carbocycles. The number of carbonyl (C=O) groups is 1. The highest BCUT2D eigenvalue weighted by molar-refractivity contribution is 8.00. The summed E-state index contributed by atoms with van der Waals surface area (Å²) in [5.74, 6) is 0.112. The molecule has 3 aromatic rings. The number of halogens is 1. The van der Waals surface area contributed by atoms with Crippen LogP contribution < -0.4 is 10.5 Å². The molecule has 0 radical (unpaired) electrons. The van der Waals surface area contributed by atoms with Crippen LogP contribution in [0.15, 0.2) is 70.5 Å². The lowest BCUT2D eigenvalue weighted by Crippen LogP contribution is -2.28. The molecule has 8 heteroatoms. The van der Waals surface area contributed by atoms with Gasteiger partial charge in [0.05, 0.1) is 16.7 Å². The summed E-state index contributed by atoms with van der Waals surface area (Å²) in [6, 6.07) is 17.5. The maximum Gasteiger partial charge on any atom is 0.238 e. The number of thioether (sulfide) groups is 1. The van der Waals surface area contributed by atoms with Gasteiger partial charge >= 0.3 is 0 Å². The van der Waals surface area contributed by atoms with Crippen LogP contribution in [0, 0.1) is 0 Å². The second-order valence-corrected chi connectivity index (χ2v) is 9.27. The van der Waals surface area contributed by atoms with Gasteiger partial charge < -0.3 is 5.32 Å². The van der Waals surface area contributed by atoms with Crippen LogP contribution in [0.4, 0.5) is 0 Å². The Balaban J connectivity index is 1.65. The fourth-order valence-corrected chi connectivity index (χ4v) is 4.61. The Morgan fingerprint density at radius 3 is 2.39 bits per heavy atom. The van der Waals surface area contributed by atoms with E-state index in [1.54, 1.807) is 12.1 Å². The predicted molar refractivity (Wildman–Crippen MR) is 114 cm³/mol. The molecule has 1 unspecified atom stereocenters. The topological polar surface area (TPSA) is 89.3 Å². The zero-order valence-electron chi connectivity index (χ0n) is 15.1. The first kappa shape index (κ1) is 20.7. The smallest absolute Gasteiger partial charge is 0.238 e. The molecule has 3 rings (SSSR count). The van der Waals surface area contributed by atoms with Gasteiger partial charge in [-0.3, -0.25) is 4.79 Å². The van der Waals surface area contributed by atoms with E-state index < -0.39 is 10.0 Å². The molecular formula is C20H19ClN2O3S2. The molecule has 0 aliphatic carbocycles. The van der Waals surface area contributed by atoms with Crippen molar-refractivity contribution in [2.24, 2.45) is 5.14 Å². The number of hydrogen-bond acceptors (Lipinski definition) is 4. The second-order valence-electron chi connectivity index (χ2n) is 6.29. The molecule has 0 heterocycles. The van der Waals surface area contributed by atoms with Crippen LogP contribution in [0.3, 0.4) is 0 Å². The van der Waals surface area contributed by atoms with Gasteiger partial charge in [0.1, 0.15) is 0 Å². The van der Waals surface area contributed by atoms with E-state index in [4.69, 9.17) is 16.7 Å². The van der Waals surface area contributed by atoms with Gasteiger partial charge in [-0.1, -0.05) is 48.0 Å². The van der Waals surface area contributed by atoms with E-state index in [9.17, 15) is 13.2 Å². The molecule has 28 heavy (non-hydrogen) atoms. The quantitative estimate of drug-likeness (QED) is 0.571. The van der Waals surface area contributed by atoms with Gasteiger partial charge in [0, 0.05) is 15.3 Å². The molecule has 0 saturated carbocycles. The SMILES string of the molecule is CC(NC(=O)CSc1cccc2cccc(Cl)c12)c1ccc(S(N)(=O)=O)cc1. The average molecular weight is 435 g/mol. The van der Waals surface area contributed by atoms with E-state index in [-0.39, 0.29) is 22.6 Å². The second kappa shape index (κ2) is 8.53. The lowest BCUT2D eigenvalue weighted by atomic mass is 10.1.